The predicted molar refractivity (Wildman–Crippen MR) is 112 cm³/mol. The first-order chi connectivity index (χ1) is 14.6. The summed E-state index contributed by atoms with van der Waals surface area (Å²) in [6.07, 6.45) is 6.18. The molecule has 1 aromatic heterocycles. The van der Waals surface area contributed by atoms with E-state index in [0.717, 1.165) is 24.0 Å². The SMILES string of the molecule is O=C(O)c1ccccc1-n1c(O)c2c(c1O)C1C3=C(C=CCC3)C2c2ccccc21. The molecule has 2 bridgehead atoms. The molecule has 4 aliphatic carbocycles. The monoisotopic (exact) mass is 397 g/mol. The predicted octanol–water partition coefficient (Wildman–Crippen LogP) is 4.82. The van der Waals surface area contributed by atoms with E-state index in [1.54, 1.807) is 18.2 Å². The lowest BCUT2D eigenvalue weighted by Gasteiger charge is -2.42. The fraction of sp³-hybridized carbons (Fsp3) is 0.160. The minimum atomic E-state index is -1.11. The van der Waals surface area contributed by atoms with Crippen LogP contribution in [-0.4, -0.2) is 25.9 Å². The van der Waals surface area contributed by atoms with Gasteiger partial charge in [-0.2, -0.15) is 0 Å². The molecular formula is C25H19NO4. The largest absolute Gasteiger partial charge is 0.494 e. The summed E-state index contributed by atoms with van der Waals surface area (Å²) >= 11 is 0. The van der Waals surface area contributed by atoms with Crippen molar-refractivity contribution in [2.24, 2.45) is 0 Å². The Morgan fingerprint density at radius 3 is 2.27 bits per heavy atom. The number of benzene rings is 2. The molecule has 0 spiro atoms. The van der Waals surface area contributed by atoms with Crippen LogP contribution < -0.4 is 0 Å². The van der Waals surface area contributed by atoms with Crippen molar-refractivity contribution in [3.05, 3.63) is 99.6 Å². The number of carbonyl (C=O) groups is 1. The molecule has 0 fully saturated rings. The standard InChI is InChI=1S/C25H19NO4/c27-23-21-19-13-7-1-2-8-14(13)20(16-10-4-3-9-15(16)19)22(21)24(28)26(23)18-12-6-5-11-17(18)25(29)30/h1-3,5-9,11-12,19-20,27-28H,4,10H2,(H,29,30). The number of aromatic hydroxyl groups is 2. The van der Waals surface area contributed by atoms with Crippen LogP contribution in [0, 0.1) is 0 Å². The van der Waals surface area contributed by atoms with Gasteiger partial charge in [0, 0.05) is 23.0 Å². The third kappa shape index (κ3) is 1.99. The zero-order chi connectivity index (χ0) is 20.6. The fourth-order valence-corrected chi connectivity index (χ4v) is 5.55. The van der Waals surface area contributed by atoms with Gasteiger partial charge in [0.05, 0.1) is 11.3 Å². The van der Waals surface area contributed by atoms with Crippen LogP contribution in [0.5, 0.6) is 11.8 Å². The van der Waals surface area contributed by atoms with Gasteiger partial charge in [0.1, 0.15) is 0 Å². The van der Waals surface area contributed by atoms with Crippen molar-refractivity contribution >= 4 is 5.97 Å². The number of carboxylic acid groups (broad SMARTS) is 1. The van der Waals surface area contributed by atoms with Crippen molar-refractivity contribution in [3.8, 4) is 17.4 Å². The van der Waals surface area contributed by atoms with E-state index in [-0.39, 0.29) is 34.8 Å². The molecule has 7 rings (SSSR count). The highest BCUT2D eigenvalue weighted by Crippen LogP contribution is 2.62. The number of nitrogens with zero attached hydrogens (tertiary/aromatic N) is 1. The minimum absolute atomic E-state index is 0.0259. The second-order valence-electron chi connectivity index (χ2n) is 8.05. The molecule has 2 aromatic carbocycles. The first-order valence-corrected chi connectivity index (χ1v) is 10.1. The van der Waals surface area contributed by atoms with Crippen molar-refractivity contribution in [3.63, 3.8) is 0 Å². The van der Waals surface area contributed by atoms with E-state index in [2.05, 4.69) is 24.3 Å². The molecule has 1 heterocycles. The van der Waals surface area contributed by atoms with Crippen LogP contribution in [0.1, 0.15) is 57.3 Å². The molecule has 2 atom stereocenters. The molecule has 4 aliphatic rings. The van der Waals surface area contributed by atoms with E-state index in [9.17, 15) is 20.1 Å². The lowest BCUT2D eigenvalue weighted by molar-refractivity contribution is 0.0697. The molecular weight excluding hydrogens is 378 g/mol. The van der Waals surface area contributed by atoms with Crippen LogP contribution >= 0.6 is 0 Å². The molecule has 148 valence electrons. The van der Waals surface area contributed by atoms with Crippen molar-refractivity contribution in [2.45, 2.75) is 24.7 Å². The first-order valence-electron chi connectivity index (χ1n) is 10.1. The maximum atomic E-state index is 11.8. The zero-order valence-corrected chi connectivity index (χ0v) is 16.0. The fourth-order valence-electron chi connectivity index (χ4n) is 5.55. The summed E-state index contributed by atoms with van der Waals surface area (Å²) in [5, 5.41) is 32.3. The molecule has 0 amide bonds. The Bertz CT molecular complexity index is 1310. The lowest BCUT2D eigenvalue weighted by Crippen LogP contribution is -2.27. The highest BCUT2D eigenvalue weighted by Gasteiger charge is 2.47. The van der Waals surface area contributed by atoms with Crippen LogP contribution in [-0.2, 0) is 0 Å². The molecule has 0 aliphatic heterocycles. The summed E-state index contributed by atoms with van der Waals surface area (Å²) < 4.78 is 1.29. The summed E-state index contributed by atoms with van der Waals surface area (Å²) in [5.41, 5.74) is 6.43. The van der Waals surface area contributed by atoms with Gasteiger partial charge in [-0.3, -0.25) is 4.57 Å². The van der Waals surface area contributed by atoms with Gasteiger partial charge in [-0.05, 0) is 41.7 Å². The highest BCUT2D eigenvalue weighted by molar-refractivity contribution is 5.92. The van der Waals surface area contributed by atoms with Gasteiger partial charge >= 0.3 is 5.97 Å². The zero-order valence-electron chi connectivity index (χ0n) is 16.0. The maximum Gasteiger partial charge on any atom is 0.337 e. The summed E-state index contributed by atoms with van der Waals surface area (Å²) in [7, 11) is 0. The highest BCUT2D eigenvalue weighted by atomic mass is 16.4. The van der Waals surface area contributed by atoms with Crippen LogP contribution in [0.25, 0.3) is 5.69 Å². The van der Waals surface area contributed by atoms with Crippen molar-refractivity contribution < 1.29 is 20.1 Å². The Morgan fingerprint density at radius 2 is 1.53 bits per heavy atom. The second-order valence-corrected chi connectivity index (χ2v) is 8.05. The van der Waals surface area contributed by atoms with E-state index < -0.39 is 5.97 Å². The third-order valence-electron chi connectivity index (χ3n) is 6.67. The van der Waals surface area contributed by atoms with Crippen LogP contribution in [0.2, 0.25) is 0 Å². The summed E-state index contributed by atoms with van der Waals surface area (Å²) in [5.74, 6) is -1.59. The van der Waals surface area contributed by atoms with E-state index in [1.807, 2.05) is 12.1 Å². The third-order valence-corrected chi connectivity index (χ3v) is 6.67. The van der Waals surface area contributed by atoms with Gasteiger partial charge in [-0.15, -0.1) is 0 Å². The molecule has 5 heteroatoms. The van der Waals surface area contributed by atoms with Crippen LogP contribution in [0.3, 0.4) is 0 Å². The lowest BCUT2D eigenvalue weighted by atomic mass is 9.60. The number of hydrogen-bond donors (Lipinski definition) is 3. The molecule has 0 saturated carbocycles. The van der Waals surface area contributed by atoms with Crippen molar-refractivity contribution in [1.82, 2.24) is 4.57 Å². The maximum absolute atomic E-state index is 11.8. The van der Waals surface area contributed by atoms with Gasteiger partial charge in [0.15, 0.2) is 0 Å². The Morgan fingerprint density at radius 1 is 0.900 bits per heavy atom. The number of hydrogen-bond acceptors (Lipinski definition) is 3. The number of aromatic carboxylic acids is 1. The van der Waals surface area contributed by atoms with E-state index in [0.29, 0.717) is 11.1 Å². The molecule has 0 radical (unpaired) electrons. The molecule has 5 nitrogen and oxygen atoms in total. The smallest absolute Gasteiger partial charge is 0.337 e. The summed E-state index contributed by atoms with van der Waals surface area (Å²) in [6, 6.07) is 14.6. The Balaban J connectivity index is 1.68. The number of aromatic nitrogens is 1. The second kappa shape index (κ2) is 5.89. The van der Waals surface area contributed by atoms with Crippen molar-refractivity contribution in [1.29, 1.82) is 0 Å². The molecule has 3 aromatic rings. The minimum Gasteiger partial charge on any atom is -0.494 e. The van der Waals surface area contributed by atoms with Crippen LogP contribution in [0.4, 0.5) is 0 Å². The molecule has 2 unspecified atom stereocenters. The van der Waals surface area contributed by atoms with Gasteiger partial charge in [0.25, 0.3) is 0 Å². The topological polar surface area (TPSA) is 82.7 Å². The Kier molecular flexibility index (Phi) is 3.37. The number of para-hydroxylation sites is 1. The molecule has 30 heavy (non-hydrogen) atoms. The number of rotatable bonds is 2. The molecule has 3 N–H and O–H groups in total. The van der Waals surface area contributed by atoms with Crippen molar-refractivity contribution in [2.75, 3.05) is 0 Å². The van der Waals surface area contributed by atoms with Gasteiger partial charge in [-0.1, -0.05) is 54.1 Å². The van der Waals surface area contributed by atoms with Gasteiger partial charge in [-0.25, -0.2) is 4.79 Å². The number of allylic oxidation sites excluding steroid dienone is 4. The first kappa shape index (κ1) is 17.2. The number of carboxylic acids is 1. The summed E-state index contributed by atoms with van der Waals surface area (Å²) in [6.45, 7) is 0. The molecule has 0 saturated heterocycles. The Labute approximate surface area is 172 Å². The Hall–Kier alpha value is -3.73. The normalized spacial score (nSPS) is 20.7. The van der Waals surface area contributed by atoms with E-state index in [4.69, 9.17) is 0 Å². The van der Waals surface area contributed by atoms with E-state index in [1.165, 1.54) is 21.8 Å². The summed E-state index contributed by atoms with van der Waals surface area (Å²) in [4.78, 5) is 11.8. The average molecular weight is 397 g/mol. The average Bonchev–Trinajstić information content (AvgIpc) is 3.04. The quantitative estimate of drug-likeness (QED) is 0.579. The van der Waals surface area contributed by atoms with E-state index >= 15 is 0 Å². The van der Waals surface area contributed by atoms with Gasteiger partial charge in [0.2, 0.25) is 11.8 Å². The van der Waals surface area contributed by atoms with Gasteiger partial charge < -0.3 is 15.3 Å². The van der Waals surface area contributed by atoms with Crippen LogP contribution in [0.15, 0.2) is 71.8 Å².